The molecule has 0 spiro atoms. The van der Waals surface area contributed by atoms with Crippen LogP contribution in [0.15, 0.2) is 36.4 Å². The molecule has 0 atom stereocenters. The fourth-order valence-corrected chi connectivity index (χ4v) is 3.39. The molecule has 0 unspecified atom stereocenters. The first-order valence-corrected chi connectivity index (χ1v) is 8.41. The minimum Gasteiger partial charge on any atom is -0.495 e. The van der Waals surface area contributed by atoms with Gasteiger partial charge in [-0.25, -0.2) is 0 Å². The van der Waals surface area contributed by atoms with E-state index in [9.17, 15) is 9.90 Å². The lowest BCUT2D eigenvalue weighted by Crippen LogP contribution is -2.05. The first kappa shape index (κ1) is 17.4. The van der Waals surface area contributed by atoms with E-state index >= 15 is 0 Å². The number of hydrogen-bond donors (Lipinski definition) is 1. The number of halogens is 1. The minimum absolute atomic E-state index is 0.0337. The largest absolute Gasteiger partial charge is 0.495 e. The molecule has 0 saturated carbocycles. The highest BCUT2D eigenvalue weighted by Gasteiger charge is 2.19. The molecule has 0 aliphatic carbocycles. The smallest absolute Gasteiger partial charge is 0.307 e. The Hall–Kier alpha value is -2.46. The predicted octanol–water partition coefficient (Wildman–Crippen LogP) is 4.60. The molecule has 0 aliphatic heterocycles. The maximum atomic E-state index is 11.3. The van der Waals surface area contributed by atoms with Crippen LogP contribution in [0.5, 0.6) is 5.75 Å². The molecular weight excluding hydrogens is 338 g/mol. The van der Waals surface area contributed by atoms with Crippen molar-refractivity contribution in [2.24, 2.45) is 0 Å². The second-order valence-electron chi connectivity index (χ2n) is 6.21. The van der Waals surface area contributed by atoms with E-state index in [2.05, 4.69) is 35.8 Å². The lowest BCUT2D eigenvalue weighted by atomic mass is 10.1. The Morgan fingerprint density at radius 3 is 2.48 bits per heavy atom. The molecule has 1 aromatic heterocycles. The van der Waals surface area contributed by atoms with Crippen LogP contribution in [0.4, 0.5) is 0 Å². The summed E-state index contributed by atoms with van der Waals surface area (Å²) in [5, 5.41) is 10.7. The van der Waals surface area contributed by atoms with Crippen LogP contribution in [0.1, 0.15) is 22.4 Å². The number of carboxylic acids is 1. The van der Waals surface area contributed by atoms with Gasteiger partial charge >= 0.3 is 5.97 Å². The van der Waals surface area contributed by atoms with Crippen molar-refractivity contribution < 1.29 is 14.6 Å². The van der Waals surface area contributed by atoms with Crippen LogP contribution in [-0.2, 0) is 17.8 Å². The average molecular weight is 358 g/mol. The number of carboxylic acid groups (broad SMARTS) is 1. The molecular formula is C20H20ClNO3. The van der Waals surface area contributed by atoms with Crippen LogP contribution < -0.4 is 4.74 Å². The molecule has 3 aromatic rings. The van der Waals surface area contributed by atoms with Gasteiger partial charge in [0, 0.05) is 17.6 Å². The van der Waals surface area contributed by atoms with Crippen molar-refractivity contribution in [2.45, 2.75) is 26.8 Å². The lowest BCUT2D eigenvalue weighted by Gasteiger charge is -2.10. The molecule has 1 heterocycles. The fraction of sp³-hybridized carbons (Fsp3) is 0.250. The Morgan fingerprint density at radius 2 is 1.88 bits per heavy atom. The summed E-state index contributed by atoms with van der Waals surface area (Å²) in [5.74, 6) is -0.306. The number of carbonyl (C=O) groups is 1. The standard InChI is InChI=1S/C20H20ClNO3/c1-12-4-6-14(7-5-12)11-22-13(2)15(9-20(23)24)16-8-19(25-3)17(21)10-18(16)22/h4-8,10H,9,11H2,1-3H3,(H,23,24). The van der Waals surface area contributed by atoms with E-state index in [1.54, 1.807) is 7.11 Å². The molecule has 0 radical (unpaired) electrons. The Labute approximate surface area is 151 Å². The Bertz CT molecular complexity index is 942. The number of aryl methyl sites for hydroxylation is 1. The molecule has 0 saturated heterocycles. The van der Waals surface area contributed by atoms with Crippen molar-refractivity contribution in [1.82, 2.24) is 4.57 Å². The van der Waals surface area contributed by atoms with Gasteiger partial charge in [-0.05, 0) is 37.1 Å². The molecule has 1 N–H and O–H groups in total. The van der Waals surface area contributed by atoms with Gasteiger partial charge in [-0.1, -0.05) is 41.4 Å². The van der Waals surface area contributed by atoms with Crippen LogP contribution >= 0.6 is 11.6 Å². The number of methoxy groups -OCH3 is 1. The Kier molecular flexibility index (Phi) is 4.73. The van der Waals surface area contributed by atoms with Gasteiger partial charge < -0.3 is 14.4 Å². The Balaban J connectivity index is 2.19. The van der Waals surface area contributed by atoms with Crippen molar-refractivity contribution >= 4 is 28.5 Å². The maximum absolute atomic E-state index is 11.3. The van der Waals surface area contributed by atoms with Crippen molar-refractivity contribution in [3.05, 3.63) is 63.8 Å². The van der Waals surface area contributed by atoms with E-state index in [4.69, 9.17) is 16.3 Å². The first-order valence-electron chi connectivity index (χ1n) is 8.03. The number of benzene rings is 2. The summed E-state index contributed by atoms with van der Waals surface area (Å²) in [6, 6.07) is 12.0. The van der Waals surface area contributed by atoms with E-state index in [0.717, 1.165) is 27.7 Å². The number of aliphatic carboxylic acids is 1. The summed E-state index contributed by atoms with van der Waals surface area (Å²) in [6.45, 7) is 4.66. The van der Waals surface area contributed by atoms with Crippen LogP contribution in [0.25, 0.3) is 10.9 Å². The van der Waals surface area contributed by atoms with E-state index < -0.39 is 5.97 Å². The molecule has 0 fully saturated rings. The molecule has 4 nitrogen and oxygen atoms in total. The molecule has 0 amide bonds. The van der Waals surface area contributed by atoms with Gasteiger partial charge in [0.1, 0.15) is 5.75 Å². The second kappa shape index (κ2) is 6.81. The molecule has 25 heavy (non-hydrogen) atoms. The van der Waals surface area contributed by atoms with Gasteiger partial charge in [0.25, 0.3) is 0 Å². The van der Waals surface area contributed by atoms with Crippen LogP contribution in [0.2, 0.25) is 5.02 Å². The number of nitrogens with zero attached hydrogens (tertiary/aromatic N) is 1. The quantitative estimate of drug-likeness (QED) is 0.726. The molecule has 130 valence electrons. The SMILES string of the molecule is COc1cc2c(CC(=O)O)c(C)n(Cc3ccc(C)cc3)c2cc1Cl. The van der Waals surface area contributed by atoms with Crippen molar-refractivity contribution in [1.29, 1.82) is 0 Å². The van der Waals surface area contributed by atoms with Gasteiger partial charge in [0.2, 0.25) is 0 Å². The van der Waals surface area contributed by atoms with E-state index in [-0.39, 0.29) is 6.42 Å². The zero-order valence-electron chi connectivity index (χ0n) is 14.5. The number of hydrogen-bond acceptors (Lipinski definition) is 2. The third kappa shape index (κ3) is 3.35. The van der Waals surface area contributed by atoms with Crippen LogP contribution in [-0.4, -0.2) is 22.8 Å². The summed E-state index contributed by atoms with van der Waals surface area (Å²) >= 11 is 6.31. The van der Waals surface area contributed by atoms with Gasteiger partial charge in [0.15, 0.2) is 0 Å². The zero-order valence-corrected chi connectivity index (χ0v) is 15.2. The lowest BCUT2D eigenvalue weighted by molar-refractivity contribution is -0.136. The third-order valence-corrected chi connectivity index (χ3v) is 4.81. The predicted molar refractivity (Wildman–Crippen MR) is 99.9 cm³/mol. The third-order valence-electron chi connectivity index (χ3n) is 4.52. The fourth-order valence-electron chi connectivity index (χ4n) is 3.16. The maximum Gasteiger partial charge on any atom is 0.307 e. The van der Waals surface area contributed by atoms with Crippen molar-refractivity contribution in [3.63, 3.8) is 0 Å². The molecule has 2 aromatic carbocycles. The van der Waals surface area contributed by atoms with Gasteiger partial charge in [-0.3, -0.25) is 4.79 Å². The van der Waals surface area contributed by atoms with Crippen molar-refractivity contribution in [3.8, 4) is 5.75 Å². The number of rotatable bonds is 5. The monoisotopic (exact) mass is 357 g/mol. The van der Waals surface area contributed by atoms with Crippen LogP contribution in [0.3, 0.4) is 0 Å². The highest BCUT2D eigenvalue weighted by molar-refractivity contribution is 6.32. The summed E-state index contributed by atoms with van der Waals surface area (Å²) in [5.41, 5.74) is 5.00. The van der Waals surface area contributed by atoms with Gasteiger partial charge in [0.05, 0.1) is 24.1 Å². The van der Waals surface area contributed by atoms with Crippen molar-refractivity contribution in [2.75, 3.05) is 7.11 Å². The summed E-state index contributed by atoms with van der Waals surface area (Å²) < 4.78 is 7.42. The van der Waals surface area contributed by atoms with Gasteiger partial charge in [-0.15, -0.1) is 0 Å². The highest BCUT2D eigenvalue weighted by Crippen LogP contribution is 2.35. The average Bonchev–Trinajstić information content (AvgIpc) is 2.80. The van der Waals surface area contributed by atoms with Gasteiger partial charge in [-0.2, -0.15) is 0 Å². The molecule has 0 aliphatic rings. The Morgan fingerprint density at radius 1 is 1.20 bits per heavy atom. The minimum atomic E-state index is -0.855. The summed E-state index contributed by atoms with van der Waals surface area (Å²) in [4.78, 5) is 11.3. The zero-order chi connectivity index (χ0) is 18.1. The summed E-state index contributed by atoms with van der Waals surface area (Å²) in [6.07, 6.45) is -0.0337. The molecule has 0 bridgehead atoms. The van der Waals surface area contributed by atoms with E-state index in [1.807, 2.05) is 19.1 Å². The van der Waals surface area contributed by atoms with Crippen LogP contribution in [0, 0.1) is 13.8 Å². The first-order chi connectivity index (χ1) is 11.9. The summed E-state index contributed by atoms with van der Waals surface area (Å²) in [7, 11) is 1.56. The van der Waals surface area contributed by atoms with E-state index in [1.165, 1.54) is 5.56 Å². The highest BCUT2D eigenvalue weighted by atomic mass is 35.5. The number of aromatic nitrogens is 1. The molecule has 5 heteroatoms. The normalized spacial score (nSPS) is 11.0. The number of fused-ring (bicyclic) bond motifs is 1. The second-order valence-corrected chi connectivity index (χ2v) is 6.62. The number of ether oxygens (including phenoxy) is 1. The van der Waals surface area contributed by atoms with E-state index in [0.29, 0.717) is 17.3 Å². The topological polar surface area (TPSA) is 51.5 Å². The molecule has 3 rings (SSSR count).